The Hall–Kier alpha value is -5.00. The van der Waals surface area contributed by atoms with Gasteiger partial charge in [0.15, 0.2) is 0 Å². The fourth-order valence-corrected chi connectivity index (χ4v) is 9.10. The lowest BCUT2D eigenvalue weighted by molar-refractivity contribution is 1.15. The number of rotatable bonds is 0. The van der Waals surface area contributed by atoms with Gasteiger partial charge in [-0.2, -0.15) is 0 Å². The zero-order valence-corrected chi connectivity index (χ0v) is 23.2. The first kappa shape index (κ1) is 21.7. The molecule has 192 valence electrons. The fourth-order valence-electron chi connectivity index (χ4n) is 8.00. The van der Waals surface area contributed by atoms with Crippen LogP contribution in [0.4, 0.5) is 17.1 Å². The van der Waals surface area contributed by atoms with Crippen molar-refractivity contribution in [3.8, 4) is 5.69 Å². The third-order valence-corrected chi connectivity index (χ3v) is 10.7. The number of aromatic nitrogens is 2. The van der Waals surface area contributed by atoms with Crippen LogP contribution < -0.4 is 21.3 Å². The molecule has 3 aliphatic heterocycles. The van der Waals surface area contributed by atoms with Gasteiger partial charge in [0.05, 0.1) is 28.1 Å². The van der Waals surface area contributed by atoms with E-state index in [2.05, 4.69) is 131 Å². The molecule has 8 aromatic rings. The molecule has 0 saturated carbocycles. The van der Waals surface area contributed by atoms with E-state index in [0.717, 1.165) is 5.52 Å². The highest BCUT2D eigenvalue weighted by Crippen LogP contribution is 2.53. The van der Waals surface area contributed by atoms with E-state index < -0.39 is 0 Å². The van der Waals surface area contributed by atoms with Gasteiger partial charge in [-0.1, -0.05) is 90.6 Å². The highest BCUT2D eigenvalue weighted by atomic mass is 32.2. The summed E-state index contributed by atoms with van der Waals surface area (Å²) in [5.41, 5.74) is 12.8. The van der Waals surface area contributed by atoms with Crippen LogP contribution in [-0.2, 0) is 0 Å². The zero-order chi connectivity index (χ0) is 27.1. The van der Waals surface area contributed by atoms with Crippen LogP contribution in [0.5, 0.6) is 0 Å². The van der Waals surface area contributed by atoms with Crippen molar-refractivity contribution in [2.24, 2.45) is 0 Å². The Morgan fingerprint density at radius 2 is 1.33 bits per heavy atom. The average molecular weight is 549 g/mol. The molecule has 0 unspecified atom stereocenters. The van der Waals surface area contributed by atoms with Crippen molar-refractivity contribution >= 4 is 95.4 Å². The van der Waals surface area contributed by atoms with Gasteiger partial charge in [0, 0.05) is 48.7 Å². The van der Waals surface area contributed by atoms with Gasteiger partial charge in [-0.25, -0.2) is 0 Å². The molecule has 5 heterocycles. The lowest BCUT2D eigenvalue weighted by Crippen LogP contribution is -2.60. The summed E-state index contributed by atoms with van der Waals surface area (Å²) in [7, 11) is 0. The number of hydrogen-bond donors (Lipinski definition) is 0. The maximum absolute atomic E-state index is 5.01. The molecular formula is C37H20BN3S. The standard InChI is InChI=1S/C37H20BN3S/c1-3-14-28-21(9-1)24-19-31-34-36(25(24)20-39-28)41-29-15-4-2-10-22(29)23-11-7-12-26(35(23)41)38(34)27-13-8-18-33-37(27)40(31)30-16-5-6-17-32(30)42-33/h1-20H. The monoisotopic (exact) mass is 549 g/mol. The Balaban J connectivity index is 1.44. The van der Waals surface area contributed by atoms with Gasteiger partial charge in [-0.15, -0.1) is 0 Å². The van der Waals surface area contributed by atoms with E-state index in [9.17, 15) is 0 Å². The third kappa shape index (κ3) is 2.43. The van der Waals surface area contributed by atoms with Crippen molar-refractivity contribution < 1.29 is 0 Å². The van der Waals surface area contributed by atoms with E-state index in [1.165, 1.54) is 86.9 Å². The minimum absolute atomic E-state index is 0.128. The molecule has 0 aliphatic carbocycles. The van der Waals surface area contributed by atoms with E-state index in [-0.39, 0.29) is 6.71 Å². The summed E-state index contributed by atoms with van der Waals surface area (Å²) in [6.07, 6.45) is 2.12. The quantitative estimate of drug-likeness (QED) is 0.144. The minimum atomic E-state index is 0.128. The second-order valence-electron chi connectivity index (χ2n) is 11.5. The molecule has 0 radical (unpaired) electrons. The maximum atomic E-state index is 5.01. The Kier molecular flexibility index (Phi) is 3.85. The predicted molar refractivity (Wildman–Crippen MR) is 177 cm³/mol. The third-order valence-electron chi connectivity index (χ3n) is 9.57. The molecule has 11 rings (SSSR count). The van der Waals surface area contributed by atoms with E-state index in [1.807, 2.05) is 11.8 Å². The molecule has 0 fully saturated rings. The molecular weight excluding hydrogens is 529 g/mol. The number of fused-ring (bicyclic) bond motifs is 13. The van der Waals surface area contributed by atoms with Crippen LogP contribution in [0.15, 0.2) is 131 Å². The fraction of sp³-hybridized carbons (Fsp3) is 0. The topological polar surface area (TPSA) is 21.1 Å². The summed E-state index contributed by atoms with van der Waals surface area (Å²) in [6.45, 7) is 0.128. The number of pyridine rings is 1. The number of para-hydroxylation sites is 5. The number of anilines is 3. The molecule has 6 aromatic carbocycles. The van der Waals surface area contributed by atoms with E-state index in [1.54, 1.807) is 0 Å². The van der Waals surface area contributed by atoms with Gasteiger partial charge in [0.25, 0.3) is 6.71 Å². The zero-order valence-electron chi connectivity index (χ0n) is 22.4. The van der Waals surface area contributed by atoms with E-state index in [0.29, 0.717) is 0 Å². The highest BCUT2D eigenvalue weighted by molar-refractivity contribution is 7.99. The maximum Gasteiger partial charge on any atom is 0.252 e. The molecule has 0 bridgehead atoms. The predicted octanol–water partition coefficient (Wildman–Crippen LogP) is 7.56. The van der Waals surface area contributed by atoms with Gasteiger partial charge in [0.2, 0.25) is 0 Å². The Morgan fingerprint density at radius 3 is 2.31 bits per heavy atom. The molecule has 42 heavy (non-hydrogen) atoms. The van der Waals surface area contributed by atoms with Crippen LogP contribution in [0.1, 0.15) is 0 Å². The number of benzene rings is 6. The second kappa shape index (κ2) is 7.44. The van der Waals surface area contributed by atoms with E-state index >= 15 is 0 Å². The van der Waals surface area contributed by atoms with Crippen molar-refractivity contribution in [3.05, 3.63) is 121 Å². The molecule has 3 aliphatic rings. The van der Waals surface area contributed by atoms with Crippen molar-refractivity contribution in [1.29, 1.82) is 0 Å². The van der Waals surface area contributed by atoms with Crippen LogP contribution in [-0.4, -0.2) is 16.3 Å². The van der Waals surface area contributed by atoms with Crippen LogP contribution >= 0.6 is 11.8 Å². The SMILES string of the molecule is c1ccc2c(c1)Sc1cccc3c1N2c1cc2c(cnc4ccccc42)c2c1B3c1cccc3c4ccccc4n-2c13. The first-order valence-electron chi connectivity index (χ1n) is 14.4. The summed E-state index contributed by atoms with van der Waals surface area (Å²) in [5, 5.41) is 6.25. The van der Waals surface area contributed by atoms with Crippen LogP contribution in [0, 0.1) is 0 Å². The molecule has 2 aromatic heterocycles. The first-order chi connectivity index (χ1) is 20.9. The molecule has 0 atom stereocenters. The first-order valence-corrected chi connectivity index (χ1v) is 15.3. The Labute approximate surface area is 246 Å². The molecule has 5 heteroatoms. The van der Waals surface area contributed by atoms with Crippen LogP contribution in [0.2, 0.25) is 0 Å². The second-order valence-corrected chi connectivity index (χ2v) is 12.6. The Bertz CT molecular complexity index is 2530. The summed E-state index contributed by atoms with van der Waals surface area (Å²) >= 11 is 1.89. The summed E-state index contributed by atoms with van der Waals surface area (Å²) < 4.78 is 2.55. The number of hydrogen-bond acceptors (Lipinski definition) is 3. The molecule has 0 N–H and O–H groups in total. The van der Waals surface area contributed by atoms with Gasteiger partial charge in [-0.05, 0) is 58.2 Å². The molecule has 3 nitrogen and oxygen atoms in total. The summed E-state index contributed by atoms with van der Waals surface area (Å²) in [6, 6.07) is 42.6. The van der Waals surface area contributed by atoms with Crippen molar-refractivity contribution in [1.82, 2.24) is 9.55 Å². The highest BCUT2D eigenvalue weighted by Gasteiger charge is 2.45. The van der Waals surface area contributed by atoms with Gasteiger partial charge < -0.3 is 9.47 Å². The van der Waals surface area contributed by atoms with Crippen molar-refractivity contribution in [3.63, 3.8) is 0 Å². The number of nitrogens with zero attached hydrogens (tertiary/aromatic N) is 3. The van der Waals surface area contributed by atoms with Crippen molar-refractivity contribution in [2.75, 3.05) is 4.90 Å². The summed E-state index contributed by atoms with van der Waals surface area (Å²) in [4.78, 5) is 10.2. The molecule has 0 amide bonds. The smallest absolute Gasteiger partial charge is 0.252 e. The Morgan fingerprint density at radius 1 is 0.571 bits per heavy atom. The summed E-state index contributed by atoms with van der Waals surface area (Å²) in [5.74, 6) is 0. The molecule has 0 saturated heterocycles. The average Bonchev–Trinajstić information content (AvgIpc) is 3.38. The van der Waals surface area contributed by atoms with Crippen LogP contribution in [0.25, 0.3) is 49.2 Å². The molecule has 0 spiro atoms. The van der Waals surface area contributed by atoms with Crippen LogP contribution in [0.3, 0.4) is 0 Å². The van der Waals surface area contributed by atoms with Gasteiger partial charge in [-0.3, -0.25) is 4.98 Å². The minimum Gasteiger partial charge on any atom is -0.310 e. The van der Waals surface area contributed by atoms with Crippen molar-refractivity contribution in [2.45, 2.75) is 9.79 Å². The lowest BCUT2D eigenvalue weighted by atomic mass is 9.33. The largest absolute Gasteiger partial charge is 0.310 e. The van der Waals surface area contributed by atoms with Gasteiger partial charge >= 0.3 is 0 Å². The lowest BCUT2D eigenvalue weighted by Gasteiger charge is -2.43. The van der Waals surface area contributed by atoms with Gasteiger partial charge in [0.1, 0.15) is 0 Å². The normalized spacial score (nSPS) is 14.0. The van der Waals surface area contributed by atoms with E-state index in [4.69, 9.17) is 4.98 Å².